The lowest BCUT2D eigenvalue weighted by Gasteiger charge is -2.10. The minimum absolute atomic E-state index is 0.295. The van der Waals surface area contributed by atoms with E-state index in [-0.39, 0.29) is 5.91 Å². The summed E-state index contributed by atoms with van der Waals surface area (Å²) in [5.41, 5.74) is 1.38. The Hall–Kier alpha value is -2.82. The Kier molecular flexibility index (Phi) is 5.95. The number of rotatable bonds is 6. The van der Waals surface area contributed by atoms with E-state index < -0.39 is 5.97 Å². The van der Waals surface area contributed by atoms with Crippen LogP contribution in [0.3, 0.4) is 0 Å². The lowest BCUT2D eigenvalue weighted by molar-refractivity contribution is 0.0600. The molecule has 0 spiro atoms. The molecule has 2 rings (SSSR count). The van der Waals surface area contributed by atoms with Crippen molar-refractivity contribution >= 4 is 17.6 Å². The molecule has 5 nitrogen and oxygen atoms in total. The largest absolute Gasteiger partial charge is 0.493 e. The van der Waals surface area contributed by atoms with E-state index >= 15 is 0 Å². The summed E-state index contributed by atoms with van der Waals surface area (Å²) in [6.07, 6.45) is 0. The number of esters is 1. The molecular formula is C19H21NO4. The van der Waals surface area contributed by atoms with Crippen molar-refractivity contribution in [2.45, 2.75) is 13.8 Å². The molecule has 0 atom stereocenters. The summed E-state index contributed by atoms with van der Waals surface area (Å²) in [5, 5.41) is 2.79. The van der Waals surface area contributed by atoms with Crippen molar-refractivity contribution in [3.63, 3.8) is 0 Å². The minimum Gasteiger partial charge on any atom is -0.493 e. The smallest absolute Gasteiger partial charge is 0.337 e. The molecule has 2 aromatic carbocycles. The van der Waals surface area contributed by atoms with Crippen molar-refractivity contribution in [2.75, 3.05) is 19.0 Å². The first-order valence-corrected chi connectivity index (χ1v) is 7.72. The highest BCUT2D eigenvalue weighted by Crippen LogP contribution is 2.17. The van der Waals surface area contributed by atoms with Crippen LogP contribution in [0.15, 0.2) is 48.5 Å². The number of hydrogen-bond donors (Lipinski definition) is 1. The van der Waals surface area contributed by atoms with Gasteiger partial charge in [-0.3, -0.25) is 4.79 Å². The third-order valence-electron chi connectivity index (χ3n) is 3.24. The van der Waals surface area contributed by atoms with Crippen LogP contribution in [0.25, 0.3) is 0 Å². The van der Waals surface area contributed by atoms with Gasteiger partial charge in [0.1, 0.15) is 5.75 Å². The van der Waals surface area contributed by atoms with Crippen LogP contribution >= 0.6 is 0 Å². The average molecular weight is 327 g/mol. The van der Waals surface area contributed by atoms with Crippen molar-refractivity contribution < 1.29 is 19.1 Å². The first-order valence-electron chi connectivity index (χ1n) is 7.72. The molecule has 126 valence electrons. The predicted octanol–water partition coefficient (Wildman–Crippen LogP) is 3.76. The maximum Gasteiger partial charge on any atom is 0.337 e. The SMILES string of the molecule is COC(=O)c1cccc(C(=O)Nc2ccc(OCC(C)C)cc2)c1. The number of carbonyl (C=O) groups excluding carboxylic acids is 2. The second-order valence-corrected chi connectivity index (χ2v) is 5.76. The fourth-order valence-corrected chi connectivity index (χ4v) is 2.01. The summed E-state index contributed by atoms with van der Waals surface area (Å²) in [5.74, 6) is 0.439. The van der Waals surface area contributed by atoms with E-state index in [0.717, 1.165) is 5.75 Å². The van der Waals surface area contributed by atoms with Gasteiger partial charge in [-0.05, 0) is 48.4 Å². The van der Waals surface area contributed by atoms with Gasteiger partial charge in [0.25, 0.3) is 5.91 Å². The molecule has 0 saturated carbocycles. The molecule has 0 aliphatic rings. The van der Waals surface area contributed by atoms with Crippen LogP contribution in [0.2, 0.25) is 0 Å². The Bertz CT molecular complexity index is 708. The van der Waals surface area contributed by atoms with Crippen LogP contribution in [-0.4, -0.2) is 25.6 Å². The molecule has 0 unspecified atom stereocenters. The second-order valence-electron chi connectivity index (χ2n) is 5.76. The number of hydrogen-bond acceptors (Lipinski definition) is 4. The summed E-state index contributed by atoms with van der Waals surface area (Å²) >= 11 is 0. The third-order valence-corrected chi connectivity index (χ3v) is 3.24. The van der Waals surface area contributed by atoms with Crippen LogP contribution < -0.4 is 10.1 Å². The molecule has 1 N–H and O–H groups in total. The maximum absolute atomic E-state index is 12.3. The topological polar surface area (TPSA) is 64.6 Å². The number of ether oxygens (including phenoxy) is 2. The first kappa shape index (κ1) is 17.5. The van der Waals surface area contributed by atoms with Crippen molar-refractivity contribution in [3.8, 4) is 5.75 Å². The van der Waals surface area contributed by atoms with E-state index in [1.807, 2.05) is 12.1 Å². The Morgan fingerprint density at radius 2 is 1.71 bits per heavy atom. The zero-order valence-corrected chi connectivity index (χ0v) is 14.0. The molecule has 0 fully saturated rings. The van der Waals surface area contributed by atoms with Crippen LogP contribution in [0.5, 0.6) is 5.75 Å². The zero-order valence-electron chi connectivity index (χ0n) is 14.0. The number of benzene rings is 2. The van der Waals surface area contributed by atoms with Gasteiger partial charge in [0, 0.05) is 11.3 Å². The number of anilines is 1. The van der Waals surface area contributed by atoms with Crippen LogP contribution in [-0.2, 0) is 4.74 Å². The predicted molar refractivity (Wildman–Crippen MR) is 92.5 cm³/mol. The average Bonchev–Trinajstić information content (AvgIpc) is 2.60. The molecule has 0 heterocycles. The fourth-order valence-electron chi connectivity index (χ4n) is 2.01. The fraction of sp³-hybridized carbons (Fsp3) is 0.263. The first-order chi connectivity index (χ1) is 11.5. The van der Waals surface area contributed by atoms with Gasteiger partial charge >= 0.3 is 5.97 Å². The number of amides is 1. The highest BCUT2D eigenvalue weighted by atomic mass is 16.5. The molecule has 0 saturated heterocycles. The quantitative estimate of drug-likeness (QED) is 0.821. The monoisotopic (exact) mass is 327 g/mol. The van der Waals surface area contributed by atoms with Gasteiger partial charge in [-0.15, -0.1) is 0 Å². The molecule has 0 aliphatic heterocycles. The van der Waals surface area contributed by atoms with Crippen LogP contribution in [0.4, 0.5) is 5.69 Å². The highest BCUT2D eigenvalue weighted by Gasteiger charge is 2.11. The van der Waals surface area contributed by atoms with Gasteiger partial charge in [0.2, 0.25) is 0 Å². The lowest BCUT2D eigenvalue weighted by atomic mass is 10.1. The number of methoxy groups -OCH3 is 1. The summed E-state index contributed by atoms with van der Waals surface area (Å²) in [6.45, 7) is 4.81. The standard InChI is InChI=1S/C19H21NO4/c1-13(2)12-24-17-9-7-16(8-10-17)20-18(21)14-5-4-6-15(11-14)19(22)23-3/h4-11,13H,12H2,1-3H3,(H,20,21). The van der Waals surface area contributed by atoms with Crippen molar-refractivity contribution in [1.29, 1.82) is 0 Å². The molecule has 24 heavy (non-hydrogen) atoms. The van der Waals surface area contributed by atoms with E-state index in [9.17, 15) is 9.59 Å². The number of nitrogens with one attached hydrogen (secondary N) is 1. The Labute approximate surface area is 141 Å². The molecule has 0 bridgehead atoms. The molecule has 2 aromatic rings. The van der Waals surface area contributed by atoms with Gasteiger partial charge in [0.15, 0.2) is 0 Å². The maximum atomic E-state index is 12.3. The summed E-state index contributed by atoms with van der Waals surface area (Å²) in [7, 11) is 1.30. The van der Waals surface area contributed by atoms with Crippen molar-refractivity contribution in [3.05, 3.63) is 59.7 Å². The van der Waals surface area contributed by atoms with E-state index in [1.54, 1.807) is 30.3 Å². The molecule has 5 heteroatoms. The van der Waals surface area contributed by atoms with Crippen LogP contribution in [0, 0.1) is 5.92 Å². The van der Waals surface area contributed by atoms with E-state index in [1.165, 1.54) is 13.2 Å². The zero-order chi connectivity index (χ0) is 17.5. The molecule has 0 radical (unpaired) electrons. The van der Waals surface area contributed by atoms with Crippen molar-refractivity contribution in [2.24, 2.45) is 5.92 Å². The van der Waals surface area contributed by atoms with Gasteiger partial charge < -0.3 is 14.8 Å². The minimum atomic E-state index is -0.476. The second kappa shape index (κ2) is 8.15. The van der Waals surface area contributed by atoms with Gasteiger partial charge in [-0.1, -0.05) is 19.9 Å². The molecule has 1 amide bonds. The van der Waals surface area contributed by atoms with Gasteiger partial charge in [-0.25, -0.2) is 4.79 Å². The molecule has 0 aromatic heterocycles. The summed E-state index contributed by atoms with van der Waals surface area (Å²) in [4.78, 5) is 23.8. The summed E-state index contributed by atoms with van der Waals surface area (Å²) < 4.78 is 10.3. The van der Waals surface area contributed by atoms with E-state index in [2.05, 4.69) is 23.9 Å². The molecular weight excluding hydrogens is 306 g/mol. The Morgan fingerprint density at radius 1 is 1.04 bits per heavy atom. The van der Waals surface area contributed by atoms with Crippen LogP contribution in [0.1, 0.15) is 34.6 Å². The molecule has 0 aliphatic carbocycles. The lowest BCUT2D eigenvalue weighted by Crippen LogP contribution is -2.13. The van der Waals surface area contributed by atoms with Crippen molar-refractivity contribution in [1.82, 2.24) is 0 Å². The third kappa shape index (κ3) is 4.84. The highest BCUT2D eigenvalue weighted by molar-refractivity contribution is 6.05. The van der Waals surface area contributed by atoms with E-state index in [4.69, 9.17) is 4.74 Å². The van der Waals surface area contributed by atoms with Gasteiger partial charge in [-0.2, -0.15) is 0 Å². The Balaban J connectivity index is 2.03. The normalized spacial score (nSPS) is 10.3. The number of carbonyl (C=O) groups is 2. The Morgan fingerprint density at radius 3 is 2.33 bits per heavy atom. The summed E-state index contributed by atoms with van der Waals surface area (Å²) in [6, 6.07) is 13.6. The van der Waals surface area contributed by atoms with E-state index in [0.29, 0.717) is 29.3 Å². The van der Waals surface area contributed by atoms with Gasteiger partial charge in [0.05, 0.1) is 19.3 Å².